The molecule has 1 aliphatic heterocycles. The minimum Gasteiger partial charge on any atom is -0.447 e. The second kappa shape index (κ2) is 7.54. The smallest absolute Gasteiger partial charge is 0.416 e. The number of halogens is 3. The fourth-order valence-electron chi connectivity index (χ4n) is 3.06. The summed E-state index contributed by atoms with van der Waals surface area (Å²) >= 11 is 0. The highest BCUT2D eigenvalue weighted by molar-refractivity contribution is 6.06. The second-order valence-electron chi connectivity index (χ2n) is 6.45. The molecule has 0 radical (unpaired) electrons. The van der Waals surface area contributed by atoms with Gasteiger partial charge in [-0.1, -0.05) is 6.07 Å². The van der Waals surface area contributed by atoms with Gasteiger partial charge in [0.25, 0.3) is 5.91 Å². The van der Waals surface area contributed by atoms with Crippen molar-refractivity contribution in [3.05, 3.63) is 72.1 Å². The summed E-state index contributed by atoms with van der Waals surface area (Å²) < 4.78 is 45.8. The quantitative estimate of drug-likeness (QED) is 0.695. The summed E-state index contributed by atoms with van der Waals surface area (Å²) in [6.07, 6.45) is -2.07. The van der Waals surface area contributed by atoms with Crippen molar-refractivity contribution in [1.29, 1.82) is 0 Å². The molecule has 0 unspecified atom stereocenters. The largest absolute Gasteiger partial charge is 0.447 e. The number of hydrogen-bond donors (Lipinski definition) is 1. The van der Waals surface area contributed by atoms with E-state index in [2.05, 4.69) is 10.4 Å². The van der Waals surface area contributed by atoms with E-state index >= 15 is 0 Å². The number of alkyl halides is 3. The summed E-state index contributed by atoms with van der Waals surface area (Å²) in [5, 5.41) is 6.54. The molecule has 0 spiro atoms. The van der Waals surface area contributed by atoms with Crippen molar-refractivity contribution >= 4 is 23.4 Å². The number of carbonyl (C=O) groups is 2. The Kier molecular flexibility index (Phi) is 4.90. The van der Waals surface area contributed by atoms with Gasteiger partial charge in [-0.25, -0.2) is 9.48 Å². The number of anilines is 2. The molecule has 1 aromatic heterocycles. The lowest BCUT2D eigenvalue weighted by atomic mass is 10.1. The first-order chi connectivity index (χ1) is 14.3. The van der Waals surface area contributed by atoms with Crippen LogP contribution < -0.4 is 10.2 Å². The van der Waals surface area contributed by atoms with Gasteiger partial charge in [0.1, 0.15) is 6.61 Å². The Morgan fingerprint density at radius 3 is 2.63 bits per heavy atom. The number of aromatic nitrogens is 2. The molecule has 30 heavy (non-hydrogen) atoms. The molecule has 2 heterocycles. The van der Waals surface area contributed by atoms with E-state index in [1.807, 2.05) is 0 Å². The molecule has 1 saturated heterocycles. The van der Waals surface area contributed by atoms with Crippen molar-refractivity contribution in [1.82, 2.24) is 9.78 Å². The molecule has 1 aliphatic rings. The topological polar surface area (TPSA) is 76.5 Å². The molecule has 2 amide bonds. The van der Waals surface area contributed by atoms with Gasteiger partial charge in [0.2, 0.25) is 0 Å². The van der Waals surface area contributed by atoms with Crippen molar-refractivity contribution in [2.45, 2.75) is 6.18 Å². The van der Waals surface area contributed by atoms with Gasteiger partial charge in [-0.05, 0) is 42.5 Å². The molecule has 154 valence electrons. The lowest BCUT2D eigenvalue weighted by Crippen LogP contribution is -2.24. The fourth-order valence-corrected chi connectivity index (χ4v) is 3.06. The Bertz CT molecular complexity index is 1100. The molecule has 7 nitrogen and oxygen atoms in total. The standard InChI is InChI=1S/C20H15F3N4O3/c21-20(22,23)14-5-6-17(27-8-2-7-24-27)16(12-14)25-18(28)13-3-1-4-15(11-13)26-9-10-30-19(26)29/h1-8,11-12H,9-10H2,(H,25,28). The van der Waals surface area contributed by atoms with Crippen LogP contribution in [0.3, 0.4) is 0 Å². The van der Waals surface area contributed by atoms with Crippen LogP contribution in [0.2, 0.25) is 0 Å². The number of amides is 2. The zero-order valence-electron chi connectivity index (χ0n) is 15.4. The van der Waals surface area contributed by atoms with E-state index in [9.17, 15) is 22.8 Å². The fraction of sp³-hybridized carbons (Fsp3) is 0.150. The van der Waals surface area contributed by atoms with E-state index < -0.39 is 23.7 Å². The average Bonchev–Trinajstić information content (AvgIpc) is 3.39. The Labute approximate surface area is 168 Å². The highest BCUT2D eigenvalue weighted by atomic mass is 19.4. The summed E-state index contributed by atoms with van der Waals surface area (Å²) in [5.41, 5.74) is -0.0371. The molecule has 1 N–H and O–H groups in total. The van der Waals surface area contributed by atoms with E-state index in [4.69, 9.17) is 4.74 Å². The third-order valence-electron chi connectivity index (χ3n) is 4.50. The Hall–Kier alpha value is -3.82. The first-order valence-electron chi connectivity index (χ1n) is 8.90. The number of cyclic esters (lactones) is 1. The molecule has 2 aromatic carbocycles. The van der Waals surface area contributed by atoms with Gasteiger partial charge in [0.05, 0.1) is 23.5 Å². The summed E-state index contributed by atoms with van der Waals surface area (Å²) in [6, 6.07) is 10.8. The zero-order valence-corrected chi connectivity index (χ0v) is 15.4. The second-order valence-corrected chi connectivity index (χ2v) is 6.45. The Morgan fingerprint density at radius 2 is 1.97 bits per heavy atom. The van der Waals surface area contributed by atoms with Gasteiger partial charge in [-0.3, -0.25) is 9.69 Å². The monoisotopic (exact) mass is 416 g/mol. The first-order valence-corrected chi connectivity index (χ1v) is 8.90. The number of rotatable bonds is 4. The predicted molar refractivity (Wildman–Crippen MR) is 102 cm³/mol. The van der Waals surface area contributed by atoms with Gasteiger partial charge < -0.3 is 10.1 Å². The minimum absolute atomic E-state index is 0.0514. The van der Waals surface area contributed by atoms with E-state index in [-0.39, 0.29) is 23.5 Å². The van der Waals surface area contributed by atoms with Crippen molar-refractivity contribution < 1.29 is 27.5 Å². The molecule has 0 aliphatic carbocycles. The maximum atomic E-state index is 13.2. The number of hydrogen-bond acceptors (Lipinski definition) is 4. The van der Waals surface area contributed by atoms with E-state index in [0.29, 0.717) is 12.2 Å². The summed E-state index contributed by atoms with van der Waals surface area (Å²) in [5.74, 6) is -0.628. The lowest BCUT2D eigenvalue weighted by molar-refractivity contribution is -0.137. The molecule has 0 saturated carbocycles. The molecule has 0 atom stereocenters. The maximum absolute atomic E-state index is 13.2. The molecular formula is C20H15F3N4O3. The number of nitrogens with zero attached hydrogens (tertiary/aromatic N) is 3. The summed E-state index contributed by atoms with van der Waals surface area (Å²) in [4.78, 5) is 25.9. The van der Waals surface area contributed by atoms with Crippen LogP contribution >= 0.6 is 0 Å². The van der Waals surface area contributed by atoms with E-state index in [0.717, 1.165) is 12.1 Å². The molecule has 10 heteroatoms. The van der Waals surface area contributed by atoms with Gasteiger partial charge in [0, 0.05) is 23.6 Å². The van der Waals surface area contributed by atoms with Crippen molar-refractivity contribution in [3.63, 3.8) is 0 Å². The molecule has 1 fully saturated rings. The van der Waals surface area contributed by atoms with Crippen LogP contribution in [0.5, 0.6) is 0 Å². The SMILES string of the molecule is O=C(Nc1cc(C(F)(F)F)ccc1-n1cccn1)c1cccc(N2CCOC2=O)c1. The van der Waals surface area contributed by atoms with Gasteiger partial charge in [0.15, 0.2) is 0 Å². The van der Waals surface area contributed by atoms with Crippen molar-refractivity contribution in [2.75, 3.05) is 23.4 Å². The maximum Gasteiger partial charge on any atom is 0.416 e. The molecular weight excluding hydrogens is 401 g/mol. The van der Waals surface area contributed by atoms with Crippen LogP contribution in [-0.2, 0) is 10.9 Å². The third kappa shape index (κ3) is 3.84. The van der Waals surface area contributed by atoms with Crippen molar-refractivity contribution in [2.24, 2.45) is 0 Å². The third-order valence-corrected chi connectivity index (χ3v) is 4.50. The van der Waals surface area contributed by atoms with Crippen LogP contribution in [0.1, 0.15) is 15.9 Å². The number of benzene rings is 2. The summed E-state index contributed by atoms with van der Waals surface area (Å²) in [7, 11) is 0. The highest BCUT2D eigenvalue weighted by Gasteiger charge is 2.31. The average molecular weight is 416 g/mol. The summed E-state index contributed by atoms with van der Waals surface area (Å²) in [6.45, 7) is 0.591. The molecule has 0 bridgehead atoms. The molecule has 3 aromatic rings. The first kappa shape index (κ1) is 19.5. The normalized spacial score (nSPS) is 14.0. The Morgan fingerprint density at radius 1 is 1.13 bits per heavy atom. The van der Waals surface area contributed by atoms with Crippen molar-refractivity contribution in [3.8, 4) is 5.69 Å². The van der Waals surface area contributed by atoms with Gasteiger partial charge in [-0.2, -0.15) is 18.3 Å². The highest BCUT2D eigenvalue weighted by Crippen LogP contribution is 2.33. The van der Waals surface area contributed by atoms with Gasteiger partial charge >= 0.3 is 12.3 Å². The number of ether oxygens (including phenoxy) is 1. The van der Waals surface area contributed by atoms with E-state index in [1.165, 1.54) is 34.0 Å². The van der Waals surface area contributed by atoms with E-state index in [1.54, 1.807) is 24.4 Å². The number of nitrogens with one attached hydrogen (secondary N) is 1. The van der Waals surface area contributed by atoms with Crippen LogP contribution in [0.25, 0.3) is 5.69 Å². The van der Waals surface area contributed by atoms with Crippen LogP contribution in [0.4, 0.5) is 29.3 Å². The van der Waals surface area contributed by atoms with Crippen LogP contribution in [0.15, 0.2) is 60.9 Å². The predicted octanol–water partition coefficient (Wildman–Crippen LogP) is 4.10. The molecule has 4 rings (SSSR count). The minimum atomic E-state index is -4.57. The lowest BCUT2D eigenvalue weighted by Gasteiger charge is -2.16. The van der Waals surface area contributed by atoms with Crippen LogP contribution in [0, 0.1) is 0 Å². The zero-order chi connectivity index (χ0) is 21.3. The van der Waals surface area contributed by atoms with Gasteiger partial charge in [-0.15, -0.1) is 0 Å². The Balaban J connectivity index is 1.66. The number of carbonyl (C=O) groups excluding carboxylic acids is 2. The van der Waals surface area contributed by atoms with Crippen LogP contribution in [-0.4, -0.2) is 34.9 Å².